The topological polar surface area (TPSA) is 53.6 Å². The summed E-state index contributed by atoms with van der Waals surface area (Å²) >= 11 is 0. The molecule has 0 aliphatic carbocycles. The minimum Gasteiger partial charge on any atom is -0.370 e. The zero-order valence-electron chi connectivity index (χ0n) is 15.8. The zero-order valence-corrected chi connectivity index (χ0v) is 18.1. The minimum atomic E-state index is 0. The quantitative estimate of drug-likeness (QED) is 0.337. The van der Waals surface area contributed by atoms with Crippen LogP contribution in [0.3, 0.4) is 0 Å². The Labute approximate surface area is 174 Å². The molecule has 0 heterocycles. The van der Waals surface area contributed by atoms with Gasteiger partial charge in [0.15, 0.2) is 5.96 Å². The summed E-state index contributed by atoms with van der Waals surface area (Å²) in [6.07, 6.45) is 1.94. The molecule has 0 fully saturated rings. The predicted molar refractivity (Wildman–Crippen MR) is 122 cm³/mol. The molecule has 0 saturated carbocycles. The van der Waals surface area contributed by atoms with Crippen LogP contribution in [-0.2, 0) is 13.0 Å². The van der Waals surface area contributed by atoms with Crippen molar-refractivity contribution in [2.45, 2.75) is 32.4 Å². The highest BCUT2D eigenvalue weighted by atomic mass is 127. The first-order valence-corrected chi connectivity index (χ1v) is 8.97. The SMILES string of the molecule is CC(CCN=C(N)NCCc1ccccc1)N(C)Cc1ccccc1.I. The van der Waals surface area contributed by atoms with Crippen LogP contribution in [0.15, 0.2) is 65.7 Å². The van der Waals surface area contributed by atoms with Crippen LogP contribution in [0.4, 0.5) is 0 Å². The van der Waals surface area contributed by atoms with Crippen LogP contribution >= 0.6 is 24.0 Å². The van der Waals surface area contributed by atoms with E-state index in [1.54, 1.807) is 0 Å². The molecule has 0 saturated heterocycles. The van der Waals surface area contributed by atoms with Crippen molar-refractivity contribution in [1.29, 1.82) is 0 Å². The molecule has 142 valence electrons. The van der Waals surface area contributed by atoms with Gasteiger partial charge in [-0.15, -0.1) is 24.0 Å². The summed E-state index contributed by atoms with van der Waals surface area (Å²) in [4.78, 5) is 6.79. The number of guanidine groups is 1. The van der Waals surface area contributed by atoms with Gasteiger partial charge in [0.1, 0.15) is 0 Å². The summed E-state index contributed by atoms with van der Waals surface area (Å²) < 4.78 is 0. The van der Waals surface area contributed by atoms with E-state index >= 15 is 0 Å². The van der Waals surface area contributed by atoms with Crippen LogP contribution in [0.25, 0.3) is 0 Å². The summed E-state index contributed by atoms with van der Waals surface area (Å²) in [5.41, 5.74) is 8.59. The Morgan fingerprint density at radius 2 is 1.62 bits per heavy atom. The molecule has 0 bridgehead atoms. The van der Waals surface area contributed by atoms with E-state index in [2.05, 4.69) is 83.8 Å². The Morgan fingerprint density at radius 1 is 1.04 bits per heavy atom. The third kappa shape index (κ3) is 8.67. The first-order valence-electron chi connectivity index (χ1n) is 8.97. The molecule has 3 N–H and O–H groups in total. The summed E-state index contributed by atoms with van der Waals surface area (Å²) in [5.74, 6) is 0.536. The van der Waals surface area contributed by atoms with Gasteiger partial charge in [-0.3, -0.25) is 9.89 Å². The van der Waals surface area contributed by atoms with Crippen LogP contribution in [0, 0.1) is 0 Å². The van der Waals surface area contributed by atoms with E-state index < -0.39 is 0 Å². The molecule has 0 radical (unpaired) electrons. The fourth-order valence-electron chi connectivity index (χ4n) is 2.65. The van der Waals surface area contributed by atoms with E-state index in [-0.39, 0.29) is 24.0 Å². The molecule has 0 aromatic heterocycles. The Bertz CT molecular complexity index is 631. The molecule has 1 unspecified atom stereocenters. The molecule has 2 rings (SSSR count). The van der Waals surface area contributed by atoms with Crippen molar-refractivity contribution in [2.75, 3.05) is 20.1 Å². The Morgan fingerprint density at radius 3 is 2.23 bits per heavy atom. The average Bonchev–Trinajstić information content (AvgIpc) is 2.63. The van der Waals surface area contributed by atoms with Gasteiger partial charge in [0.2, 0.25) is 0 Å². The van der Waals surface area contributed by atoms with Crippen molar-refractivity contribution >= 4 is 29.9 Å². The number of rotatable bonds is 9. The van der Waals surface area contributed by atoms with Gasteiger partial charge in [0, 0.05) is 25.7 Å². The van der Waals surface area contributed by atoms with Crippen LogP contribution in [0.5, 0.6) is 0 Å². The van der Waals surface area contributed by atoms with E-state index in [0.29, 0.717) is 12.0 Å². The fraction of sp³-hybridized carbons (Fsp3) is 0.381. The highest BCUT2D eigenvalue weighted by Gasteiger charge is 2.09. The number of nitrogens with zero attached hydrogens (tertiary/aromatic N) is 2. The number of halogens is 1. The molecular formula is C21H31IN4. The van der Waals surface area contributed by atoms with Gasteiger partial charge < -0.3 is 11.1 Å². The van der Waals surface area contributed by atoms with E-state index in [9.17, 15) is 0 Å². The van der Waals surface area contributed by atoms with E-state index in [1.165, 1.54) is 11.1 Å². The van der Waals surface area contributed by atoms with E-state index in [4.69, 9.17) is 5.73 Å². The lowest BCUT2D eigenvalue weighted by Gasteiger charge is -2.24. The van der Waals surface area contributed by atoms with Crippen LogP contribution in [0.2, 0.25) is 0 Å². The normalized spacial score (nSPS) is 12.5. The molecule has 26 heavy (non-hydrogen) atoms. The summed E-state index contributed by atoms with van der Waals surface area (Å²) in [6, 6.07) is 21.4. The zero-order chi connectivity index (χ0) is 17.9. The second-order valence-corrected chi connectivity index (χ2v) is 6.47. The number of hydrogen-bond acceptors (Lipinski definition) is 2. The molecule has 0 aliphatic rings. The van der Waals surface area contributed by atoms with Gasteiger partial charge in [0.05, 0.1) is 0 Å². The lowest BCUT2D eigenvalue weighted by Crippen LogP contribution is -2.34. The second kappa shape index (κ2) is 12.7. The van der Waals surface area contributed by atoms with Crippen molar-refractivity contribution in [1.82, 2.24) is 10.2 Å². The molecule has 0 amide bonds. The molecule has 0 spiro atoms. The van der Waals surface area contributed by atoms with E-state index in [0.717, 1.165) is 32.5 Å². The number of nitrogens with one attached hydrogen (secondary N) is 1. The summed E-state index contributed by atoms with van der Waals surface area (Å²) in [7, 11) is 2.16. The molecule has 0 aliphatic heterocycles. The average molecular weight is 466 g/mol. The number of benzene rings is 2. The van der Waals surface area contributed by atoms with Crippen molar-refractivity contribution in [3.05, 3.63) is 71.8 Å². The third-order valence-corrected chi connectivity index (χ3v) is 4.42. The molecule has 4 nitrogen and oxygen atoms in total. The fourth-order valence-corrected chi connectivity index (χ4v) is 2.65. The first-order chi connectivity index (χ1) is 12.1. The Balaban J connectivity index is 0.00000338. The molecule has 5 heteroatoms. The number of hydrogen-bond donors (Lipinski definition) is 2. The Kier molecular flexibility index (Phi) is 11.0. The molecule has 2 aromatic carbocycles. The number of aliphatic imine (C=N–C) groups is 1. The smallest absolute Gasteiger partial charge is 0.188 e. The number of nitrogens with two attached hydrogens (primary N) is 1. The maximum Gasteiger partial charge on any atom is 0.188 e. The van der Waals surface area contributed by atoms with Crippen molar-refractivity contribution < 1.29 is 0 Å². The van der Waals surface area contributed by atoms with Gasteiger partial charge in [-0.2, -0.15) is 0 Å². The molecule has 2 aromatic rings. The maximum absolute atomic E-state index is 5.95. The van der Waals surface area contributed by atoms with Crippen LogP contribution in [-0.4, -0.2) is 37.0 Å². The minimum absolute atomic E-state index is 0. The van der Waals surface area contributed by atoms with Crippen molar-refractivity contribution in [3.63, 3.8) is 0 Å². The van der Waals surface area contributed by atoms with Crippen LogP contribution in [0.1, 0.15) is 24.5 Å². The molecule has 1 atom stereocenters. The van der Waals surface area contributed by atoms with E-state index in [1.807, 2.05) is 6.07 Å². The van der Waals surface area contributed by atoms with Crippen molar-refractivity contribution in [3.8, 4) is 0 Å². The van der Waals surface area contributed by atoms with Crippen molar-refractivity contribution in [2.24, 2.45) is 10.7 Å². The molecular weight excluding hydrogens is 435 g/mol. The lowest BCUT2D eigenvalue weighted by molar-refractivity contribution is 0.240. The highest BCUT2D eigenvalue weighted by molar-refractivity contribution is 14.0. The second-order valence-electron chi connectivity index (χ2n) is 6.47. The summed E-state index contributed by atoms with van der Waals surface area (Å²) in [5, 5.41) is 3.19. The van der Waals surface area contributed by atoms with Gasteiger partial charge in [-0.25, -0.2) is 0 Å². The monoisotopic (exact) mass is 466 g/mol. The van der Waals surface area contributed by atoms with Gasteiger partial charge in [-0.05, 0) is 37.9 Å². The standard InChI is InChI=1S/C21H30N4.HI/c1-18(25(2)17-20-11-7-4-8-12-20)13-15-23-21(22)24-16-14-19-9-5-3-6-10-19;/h3-12,18H,13-17H2,1-2H3,(H3,22,23,24);1H. The maximum atomic E-state index is 5.95. The van der Waals surface area contributed by atoms with Gasteiger partial charge >= 0.3 is 0 Å². The van der Waals surface area contributed by atoms with Gasteiger partial charge in [0.25, 0.3) is 0 Å². The Hall–Kier alpha value is -1.60. The largest absolute Gasteiger partial charge is 0.370 e. The first kappa shape index (κ1) is 22.4. The summed E-state index contributed by atoms with van der Waals surface area (Å²) in [6.45, 7) is 4.74. The highest BCUT2D eigenvalue weighted by Crippen LogP contribution is 2.08. The third-order valence-electron chi connectivity index (χ3n) is 4.42. The van der Waals surface area contributed by atoms with Crippen LogP contribution < -0.4 is 11.1 Å². The predicted octanol–water partition coefficient (Wildman–Crippen LogP) is 3.66. The lowest BCUT2D eigenvalue weighted by atomic mass is 10.1. The van der Waals surface area contributed by atoms with Gasteiger partial charge in [-0.1, -0.05) is 60.7 Å².